The van der Waals surface area contributed by atoms with E-state index in [1.165, 1.54) is 38.5 Å². The second-order valence-corrected chi connectivity index (χ2v) is 5.41. The van der Waals surface area contributed by atoms with Crippen LogP contribution in [0.1, 0.15) is 51.9 Å². The van der Waals surface area contributed by atoms with Crippen molar-refractivity contribution >= 4 is 0 Å². The maximum atomic E-state index is 8.87. The maximum Gasteiger partial charge on any atom is 0.102 e. The van der Waals surface area contributed by atoms with E-state index < -0.39 is 5.54 Å². The van der Waals surface area contributed by atoms with Gasteiger partial charge in [0.15, 0.2) is 0 Å². The molecule has 0 aliphatic heterocycles. The molecule has 92 valence electrons. The first kappa shape index (κ1) is 13.5. The van der Waals surface area contributed by atoms with Crippen LogP contribution in [-0.4, -0.2) is 30.1 Å². The van der Waals surface area contributed by atoms with Crippen molar-refractivity contribution in [3.8, 4) is 6.07 Å². The highest BCUT2D eigenvalue weighted by atomic mass is 15.1. The van der Waals surface area contributed by atoms with Crippen LogP contribution in [0, 0.1) is 11.3 Å². The molecule has 1 unspecified atom stereocenters. The third kappa shape index (κ3) is 4.51. The molecule has 1 atom stereocenters. The van der Waals surface area contributed by atoms with Crippen molar-refractivity contribution < 1.29 is 0 Å². The summed E-state index contributed by atoms with van der Waals surface area (Å²) in [6.45, 7) is 2.75. The lowest BCUT2D eigenvalue weighted by molar-refractivity contribution is 0.209. The first-order valence-corrected chi connectivity index (χ1v) is 6.45. The van der Waals surface area contributed by atoms with Crippen LogP contribution in [0.25, 0.3) is 0 Å². The van der Waals surface area contributed by atoms with Gasteiger partial charge in [0.1, 0.15) is 5.54 Å². The Hall–Kier alpha value is -0.590. The van der Waals surface area contributed by atoms with E-state index in [4.69, 9.17) is 11.0 Å². The summed E-state index contributed by atoms with van der Waals surface area (Å²) in [5.74, 6) is 0. The summed E-state index contributed by atoms with van der Waals surface area (Å²) in [5, 5.41) is 8.87. The van der Waals surface area contributed by atoms with Gasteiger partial charge in [0.25, 0.3) is 0 Å². The first-order chi connectivity index (χ1) is 7.55. The number of nitrogens with zero attached hydrogens (tertiary/aromatic N) is 2. The summed E-state index contributed by atoms with van der Waals surface area (Å²) in [7, 11) is 2.17. The molecule has 0 amide bonds. The third-order valence-electron chi connectivity index (χ3n) is 3.69. The Balaban J connectivity index is 2.33. The molecule has 1 aliphatic rings. The summed E-state index contributed by atoms with van der Waals surface area (Å²) in [4.78, 5) is 2.40. The number of nitrogens with two attached hydrogens (primary N) is 1. The average molecular weight is 223 g/mol. The second-order valence-electron chi connectivity index (χ2n) is 5.41. The molecule has 2 N–H and O–H groups in total. The predicted octanol–water partition coefficient (Wildman–Crippen LogP) is 2.27. The van der Waals surface area contributed by atoms with Crippen LogP contribution in [0.5, 0.6) is 0 Å². The summed E-state index contributed by atoms with van der Waals surface area (Å²) in [6, 6.07) is 2.87. The molecule has 0 aromatic heterocycles. The Bertz CT molecular complexity index is 234. The van der Waals surface area contributed by atoms with Crippen LogP contribution in [0.3, 0.4) is 0 Å². The molecular weight excluding hydrogens is 198 g/mol. The van der Waals surface area contributed by atoms with E-state index in [2.05, 4.69) is 18.0 Å². The highest BCUT2D eigenvalue weighted by Crippen LogP contribution is 2.21. The maximum absolute atomic E-state index is 8.87. The first-order valence-electron chi connectivity index (χ1n) is 6.45. The average Bonchev–Trinajstić information content (AvgIpc) is 2.54. The van der Waals surface area contributed by atoms with Crippen LogP contribution in [-0.2, 0) is 0 Å². The van der Waals surface area contributed by atoms with E-state index in [1.807, 2.05) is 6.92 Å². The second kappa shape index (κ2) is 6.22. The Morgan fingerprint density at radius 3 is 2.38 bits per heavy atom. The van der Waals surface area contributed by atoms with E-state index in [9.17, 15) is 0 Å². The van der Waals surface area contributed by atoms with Crippen LogP contribution < -0.4 is 5.73 Å². The number of rotatable bonds is 4. The summed E-state index contributed by atoms with van der Waals surface area (Å²) in [5.41, 5.74) is 5.17. The molecule has 3 nitrogen and oxygen atoms in total. The molecule has 16 heavy (non-hydrogen) atoms. The Kier molecular flexibility index (Phi) is 5.24. The van der Waals surface area contributed by atoms with Gasteiger partial charge in [-0.2, -0.15) is 5.26 Å². The molecular formula is C13H25N3. The topological polar surface area (TPSA) is 53.0 Å². The molecule has 1 aliphatic carbocycles. The van der Waals surface area contributed by atoms with Crippen LogP contribution in [0.4, 0.5) is 0 Å². The highest BCUT2D eigenvalue weighted by Gasteiger charge is 2.21. The van der Waals surface area contributed by atoms with Gasteiger partial charge in [-0.1, -0.05) is 25.7 Å². The van der Waals surface area contributed by atoms with Gasteiger partial charge in [-0.3, -0.25) is 0 Å². The van der Waals surface area contributed by atoms with Gasteiger partial charge in [-0.05, 0) is 33.2 Å². The quantitative estimate of drug-likeness (QED) is 0.744. The van der Waals surface area contributed by atoms with Crippen LogP contribution >= 0.6 is 0 Å². The molecule has 1 saturated carbocycles. The van der Waals surface area contributed by atoms with Crippen molar-refractivity contribution in [2.75, 3.05) is 13.6 Å². The van der Waals surface area contributed by atoms with E-state index in [1.54, 1.807) is 0 Å². The predicted molar refractivity (Wildman–Crippen MR) is 66.9 cm³/mol. The fourth-order valence-electron chi connectivity index (χ4n) is 2.35. The minimum atomic E-state index is -0.668. The van der Waals surface area contributed by atoms with E-state index in [0.717, 1.165) is 13.0 Å². The lowest BCUT2D eigenvalue weighted by Gasteiger charge is -2.29. The van der Waals surface area contributed by atoms with Crippen molar-refractivity contribution in [3.63, 3.8) is 0 Å². The van der Waals surface area contributed by atoms with Crippen molar-refractivity contribution in [2.24, 2.45) is 5.73 Å². The summed E-state index contributed by atoms with van der Waals surface area (Å²) in [6.07, 6.45) is 8.86. The summed E-state index contributed by atoms with van der Waals surface area (Å²) < 4.78 is 0. The van der Waals surface area contributed by atoms with E-state index in [-0.39, 0.29) is 0 Å². The molecule has 0 heterocycles. The van der Waals surface area contributed by atoms with Crippen molar-refractivity contribution in [3.05, 3.63) is 0 Å². The molecule has 0 bridgehead atoms. The minimum absolute atomic E-state index is 0.668. The third-order valence-corrected chi connectivity index (χ3v) is 3.69. The largest absolute Gasteiger partial charge is 0.314 e. The van der Waals surface area contributed by atoms with Gasteiger partial charge in [-0.25, -0.2) is 0 Å². The Labute approximate surface area is 99.6 Å². The zero-order valence-corrected chi connectivity index (χ0v) is 10.7. The van der Waals surface area contributed by atoms with Crippen LogP contribution in [0.15, 0.2) is 0 Å². The number of hydrogen-bond acceptors (Lipinski definition) is 3. The van der Waals surface area contributed by atoms with Gasteiger partial charge in [0.2, 0.25) is 0 Å². The smallest absolute Gasteiger partial charge is 0.102 e. The molecule has 3 heteroatoms. The molecule has 0 radical (unpaired) electrons. The number of hydrogen-bond donors (Lipinski definition) is 1. The zero-order chi connectivity index (χ0) is 12.0. The minimum Gasteiger partial charge on any atom is -0.314 e. The molecule has 1 rings (SSSR count). The van der Waals surface area contributed by atoms with Crippen molar-refractivity contribution in [1.29, 1.82) is 5.26 Å². The Morgan fingerprint density at radius 1 is 1.31 bits per heavy atom. The fourth-order valence-corrected chi connectivity index (χ4v) is 2.35. The number of nitriles is 1. The van der Waals surface area contributed by atoms with Crippen LogP contribution in [0.2, 0.25) is 0 Å². The summed E-state index contributed by atoms with van der Waals surface area (Å²) >= 11 is 0. The monoisotopic (exact) mass is 223 g/mol. The highest BCUT2D eigenvalue weighted by molar-refractivity contribution is 5.01. The Morgan fingerprint density at radius 2 is 1.88 bits per heavy atom. The fraction of sp³-hybridized carbons (Fsp3) is 0.923. The molecule has 0 aromatic carbocycles. The van der Waals surface area contributed by atoms with Gasteiger partial charge < -0.3 is 10.6 Å². The zero-order valence-electron chi connectivity index (χ0n) is 10.7. The molecule has 0 saturated heterocycles. The van der Waals surface area contributed by atoms with Gasteiger partial charge >= 0.3 is 0 Å². The standard InChI is InChI=1S/C13H25N3/c1-13(15,11-14)9-10-16(2)12-7-5-3-4-6-8-12/h12H,3-10,15H2,1-2H3. The molecule has 0 aromatic rings. The van der Waals surface area contributed by atoms with E-state index in [0.29, 0.717) is 6.04 Å². The van der Waals surface area contributed by atoms with Crippen molar-refractivity contribution in [1.82, 2.24) is 4.90 Å². The van der Waals surface area contributed by atoms with Crippen molar-refractivity contribution in [2.45, 2.75) is 63.5 Å². The normalized spacial score (nSPS) is 22.4. The SMILES string of the molecule is CN(CCC(C)(N)C#N)C1CCCCCC1. The lowest BCUT2D eigenvalue weighted by atomic mass is 10.00. The lowest BCUT2D eigenvalue weighted by Crippen LogP contribution is -2.40. The van der Waals surface area contributed by atoms with Gasteiger partial charge in [-0.15, -0.1) is 0 Å². The molecule has 1 fully saturated rings. The molecule has 0 spiro atoms. The van der Waals surface area contributed by atoms with E-state index >= 15 is 0 Å². The van der Waals surface area contributed by atoms with Gasteiger partial charge in [0, 0.05) is 12.6 Å². The van der Waals surface area contributed by atoms with Gasteiger partial charge in [0.05, 0.1) is 6.07 Å².